The van der Waals surface area contributed by atoms with Gasteiger partial charge in [-0.1, -0.05) is 12.1 Å². The second kappa shape index (κ2) is 4.75. The van der Waals surface area contributed by atoms with Crippen LogP contribution in [0.1, 0.15) is 11.1 Å². The van der Waals surface area contributed by atoms with Crippen LogP contribution in [0.5, 0.6) is 0 Å². The lowest BCUT2D eigenvalue weighted by molar-refractivity contribution is -0.384. The van der Waals surface area contributed by atoms with E-state index < -0.39 is 4.92 Å². The van der Waals surface area contributed by atoms with Crippen LogP contribution < -0.4 is 11.3 Å². The summed E-state index contributed by atoms with van der Waals surface area (Å²) in [6.07, 6.45) is 2.18. The third-order valence-electron chi connectivity index (χ3n) is 3.17. The molecule has 0 amide bonds. The minimum Gasteiger partial charge on any atom is -0.369 e. The molecule has 3 rings (SSSR count). The molecule has 0 bridgehead atoms. The van der Waals surface area contributed by atoms with Crippen molar-refractivity contribution in [3.63, 3.8) is 0 Å². The SMILES string of the molecule is Nc1nc2c(Cc3ccc([N+](=O)[O-])cc3)c[nH]c2c(=O)[nH]1. The van der Waals surface area contributed by atoms with Gasteiger partial charge in [-0.2, -0.15) is 0 Å². The molecule has 0 fully saturated rings. The highest BCUT2D eigenvalue weighted by molar-refractivity contribution is 5.79. The van der Waals surface area contributed by atoms with Crippen molar-refractivity contribution in [2.75, 3.05) is 5.73 Å². The van der Waals surface area contributed by atoms with Gasteiger partial charge in [-0.15, -0.1) is 0 Å². The first-order valence-electron chi connectivity index (χ1n) is 6.13. The van der Waals surface area contributed by atoms with Gasteiger partial charge in [-0.05, 0) is 5.56 Å². The lowest BCUT2D eigenvalue weighted by Gasteiger charge is -2.00. The van der Waals surface area contributed by atoms with Crippen LogP contribution in [-0.4, -0.2) is 19.9 Å². The zero-order valence-corrected chi connectivity index (χ0v) is 10.8. The number of nitrogens with two attached hydrogens (primary N) is 1. The zero-order chi connectivity index (χ0) is 15.0. The Morgan fingerprint density at radius 3 is 2.67 bits per heavy atom. The van der Waals surface area contributed by atoms with E-state index in [1.165, 1.54) is 12.1 Å². The van der Waals surface area contributed by atoms with Crippen molar-refractivity contribution in [3.8, 4) is 0 Å². The molecule has 0 saturated carbocycles. The lowest BCUT2D eigenvalue weighted by Crippen LogP contribution is -2.11. The summed E-state index contributed by atoms with van der Waals surface area (Å²) in [4.78, 5) is 31.3. The number of benzene rings is 1. The van der Waals surface area contributed by atoms with Crippen molar-refractivity contribution in [2.24, 2.45) is 0 Å². The van der Waals surface area contributed by atoms with Crippen LogP contribution in [0.2, 0.25) is 0 Å². The number of aromatic nitrogens is 3. The maximum absolute atomic E-state index is 11.7. The number of hydrogen-bond donors (Lipinski definition) is 3. The van der Waals surface area contributed by atoms with Gasteiger partial charge in [0.15, 0.2) is 0 Å². The number of nitrogen functional groups attached to an aromatic ring is 1. The van der Waals surface area contributed by atoms with E-state index in [4.69, 9.17) is 5.73 Å². The molecular formula is C13H11N5O3. The first-order chi connectivity index (χ1) is 10.0. The van der Waals surface area contributed by atoms with Crippen molar-refractivity contribution in [2.45, 2.75) is 6.42 Å². The Labute approximate surface area is 117 Å². The topological polar surface area (TPSA) is 131 Å². The number of fused-ring (bicyclic) bond motifs is 1. The number of H-pyrrole nitrogens is 2. The van der Waals surface area contributed by atoms with Crippen molar-refractivity contribution in [1.82, 2.24) is 15.0 Å². The second-order valence-electron chi connectivity index (χ2n) is 4.59. The van der Waals surface area contributed by atoms with Crippen LogP contribution in [-0.2, 0) is 6.42 Å². The normalized spacial score (nSPS) is 10.9. The summed E-state index contributed by atoms with van der Waals surface area (Å²) in [5.41, 5.74) is 7.81. The minimum atomic E-state index is -0.447. The van der Waals surface area contributed by atoms with Crippen molar-refractivity contribution in [1.29, 1.82) is 0 Å². The molecule has 8 heteroatoms. The average molecular weight is 285 g/mol. The Bertz CT molecular complexity index is 879. The van der Waals surface area contributed by atoms with E-state index in [0.29, 0.717) is 17.5 Å². The summed E-state index contributed by atoms with van der Waals surface area (Å²) >= 11 is 0. The van der Waals surface area contributed by atoms with E-state index in [1.54, 1.807) is 18.3 Å². The molecule has 8 nitrogen and oxygen atoms in total. The third kappa shape index (κ3) is 2.34. The van der Waals surface area contributed by atoms with Crippen molar-refractivity contribution < 1.29 is 4.92 Å². The lowest BCUT2D eigenvalue weighted by atomic mass is 10.1. The number of nitro benzene ring substituents is 1. The zero-order valence-electron chi connectivity index (χ0n) is 10.8. The molecule has 0 radical (unpaired) electrons. The molecule has 0 aliphatic heterocycles. The summed E-state index contributed by atoms with van der Waals surface area (Å²) in [5.74, 6) is 0.0528. The standard InChI is InChI=1S/C13H11N5O3/c14-13-16-10-8(6-15-11(10)12(19)17-13)5-7-1-3-9(4-2-7)18(20)21/h1-4,6,15H,5H2,(H3,14,16,17,19). The average Bonchev–Trinajstić information content (AvgIpc) is 2.83. The van der Waals surface area contributed by atoms with Gasteiger partial charge in [-0.25, -0.2) is 4.98 Å². The van der Waals surface area contributed by atoms with Gasteiger partial charge < -0.3 is 10.7 Å². The number of aromatic amines is 2. The van der Waals surface area contributed by atoms with Gasteiger partial charge in [0.1, 0.15) is 11.0 Å². The number of hydrogen-bond acceptors (Lipinski definition) is 5. The molecule has 0 unspecified atom stereocenters. The highest BCUT2D eigenvalue weighted by Gasteiger charge is 2.11. The van der Waals surface area contributed by atoms with E-state index in [1.807, 2.05) is 0 Å². The predicted octanol–water partition coefficient (Wildman–Crippen LogP) is 1.33. The minimum absolute atomic E-state index is 0.0384. The number of nitrogens with one attached hydrogen (secondary N) is 2. The van der Waals surface area contributed by atoms with Crippen LogP contribution in [0, 0.1) is 10.1 Å². The number of nitro groups is 1. The van der Waals surface area contributed by atoms with Gasteiger partial charge in [-0.3, -0.25) is 19.9 Å². The molecule has 3 aromatic rings. The smallest absolute Gasteiger partial charge is 0.276 e. The number of non-ortho nitro benzene ring substituents is 1. The first kappa shape index (κ1) is 12.9. The molecule has 2 aromatic heterocycles. The van der Waals surface area contributed by atoms with Crippen LogP contribution in [0.15, 0.2) is 35.3 Å². The molecule has 2 heterocycles. The van der Waals surface area contributed by atoms with Crippen LogP contribution in [0.25, 0.3) is 11.0 Å². The van der Waals surface area contributed by atoms with Crippen LogP contribution in [0.4, 0.5) is 11.6 Å². The van der Waals surface area contributed by atoms with Gasteiger partial charge in [0.2, 0.25) is 5.95 Å². The van der Waals surface area contributed by atoms with Crippen molar-refractivity contribution in [3.05, 3.63) is 62.1 Å². The Hall–Kier alpha value is -3.16. The summed E-state index contributed by atoms with van der Waals surface area (Å²) in [5, 5.41) is 10.6. The first-order valence-corrected chi connectivity index (χ1v) is 6.13. The molecule has 4 N–H and O–H groups in total. The molecule has 0 saturated heterocycles. The van der Waals surface area contributed by atoms with E-state index in [2.05, 4.69) is 15.0 Å². The third-order valence-corrected chi connectivity index (χ3v) is 3.17. The van der Waals surface area contributed by atoms with E-state index in [0.717, 1.165) is 11.1 Å². The molecule has 1 aromatic carbocycles. The van der Waals surface area contributed by atoms with Gasteiger partial charge in [0.25, 0.3) is 11.2 Å². The van der Waals surface area contributed by atoms with E-state index >= 15 is 0 Å². The maximum Gasteiger partial charge on any atom is 0.276 e. The van der Waals surface area contributed by atoms with E-state index in [-0.39, 0.29) is 17.2 Å². The predicted molar refractivity (Wildman–Crippen MR) is 77.0 cm³/mol. The van der Waals surface area contributed by atoms with Crippen LogP contribution in [0.3, 0.4) is 0 Å². The molecule has 21 heavy (non-hydrogen) atoms. The summed E-state index contributed by atoms with van der Waals surface area (Å²) in [7, 11) is 0. The molecule has 106 valence electrons. The second-order valence-corrected chi connectivity index (χ2v) is 4.59. The Kier molecular flexibility index (Phi) is 2.90. The molecule has 0 atom stereocenters. The highest BCUT2D eigenvalue weighted by Crippen LogP contribution is 2.19. The highest BCUT2D eigenvalue weighted by atomic mass is 16.6. The molecule has 0 aliphatic carbocycles. The van der Waals surface area contributed by atoms with Crippen LogP contribution >= 0.6 is 0 Å². The Morgan fingerprint density at radius 1 is 1.29 bits per heavy atom. The fraction of sp³-hybridized carbons (Fsp3) is 0.0769. The number of rotatable bonds is 3. The monoisotopic (exact) mass is 285 g/mol. The fourth-order valence-electron chi connectivity index (χ4n) is 2.17. The maximum atomic E-state index is 11.7. The summed E-state index contributed by atoms with van der Waals surface area (Å²) in [6, 6.07) is 6.23. The number of nitrogens with zero attached hydrogens (tertiary/aromatic N) is 2. The number of anilines is 1. The Morgan fingerprint density at radius 2 is 2.00 bits per heavy atom. The van der Waals surface area contributed by atoms with Gasteiger partial charge in [0.05, 0.1) is 4.92 Å². The molecule has 0 aliphatic rings. The van der Waals surface area contributed by atoms with Crippen molar-refractivity contribution >= 4 is 22.7 Å². The van der Waals surface area contributed by atoms with Gasteiger partial charge in [0, 0.05) is 30.3 Å². The summed E-state index contributed by atoms with van der Waals surface area (Å²) in [6.45, 7) is 0. The quantitative estimate of drug-likeness (QED) is 0.493. The van der Waals surface area contributed by atoms with Gasteiger partial charge >= 0.3 is 0 Å². The van der Waals surface area contributed by atoms with E-state index in [9.17, 15) is 14.9 Å². The largest absolute Gasteiger partial charge is 0.369 e. The Balaban J connectivity index is 1.98. The molecule has 0 spiro atoms. The fourth-order valence-corrected chi connectivity index (χ4v) is 2.17. The summed E-state index contributed by atoms with van der Waals surface area (Å²) < 4.78 is 0. The molecular weight excluding hydrogens is 274 g/mol.